The first kappa shape index (κ1) is 21.4. The van der Waals surface area contributed by atoms with Gasteiger partial charge < -0.3 is 19.4 Å². The summed E-state index contributed by atoms with van der Waals surface area (Å²) in [6.45, 7) is 2.89. The summed E-state index contributed by atoms with van der Waals surface area (Å²) in [5, 5.41) is 3.22. The molecule has 0 fully saturated rings. The van der Waals surface area contributed by atoms with Gasteiger partial charge in [-0.25, -0.2) is 8.42 Å². The SMILES string of the molecule is CCCCc1ccc(S(C)(=O)=O)cc1-c1cn(C)c(=O)c2c1OC[C@@H](COC)N2. The number of aryl methyl sites for hydroxylation is 2. The lowest BCUT2D eigenvalue weighted by Crippen LogP contribution is -2.39. The molecule has 29 heavy (non-hydrogen) atoms. The van der Waals surface area contributed by atoms with Gasteiger partial charge in [0.15, 0.2) is 15.6 Å². The third kappa shape index (κ3) is 4.48. The van der Waals surface area contributed by atoms with Crippen molar-refractivity contribution in [3.8, 4) is 16.9 Å². The van der Waals surface area contributed by atoms with E-state index in [2.05, 4.69) is 12.2 Å². The molecule has 1 aliphatic rings. The molecule has 0 spiro atoms. The van der Waals surface area contributed by atoms with Crippen molar-refractivity contribution in [2.45, 2.75) is 37.1 Å². The number of nitrogens with one attached hydrogen (secondary N) is 1. The van der Waals surface area contributed by atoms with Crippen LogP contribution >= 0.6 is 0 Å². The van der Waals surface area contributed by atoms with Crippen molar-refractivity contribution in [2.24, 2.45) is 7.05 Å². The van der Waals surface area contributed by atoms with Gasteiger partial charge in [0.2, 0.25) is 0 Å². The molecular formula is C21H28N2O5S. The first-order valence-electron chi connectivity index (χ1n) is 9.71. The molecule has 1 aromatic carbocycles. The minimum Gasteiger partial charge on any atom is -0.488 e. The third-order valence-electron chi connectivity index (χ3n) is 5.07. The molecule has 2 heterocycles. The maximum Gasteiger partial charge on any atom is 0.277 e. The summed E-state index contributed by atoms with van der Waals surface area (Å²) in [6, 6.07) is 5.07. The summed E-state index contributed by atoms with van der Waals surface area (Å²) in [6.07, 6.45) is 5.73. The number of sulfone groups is 1. The monoisotopic (exact) mass is 420 g/mol. The zero-order chi connectivity index (χ0) is 21.2. The van der Waals surface area contributed by atoms with Crippen molar-refractivity contribution in [2.75, 3.05) is 31.9 Å². The van der Waals surface area contributed by atoms with Crippen LogP contribution in [0.15, 0.2) is 34.1 Å². The minimum atomic E-state index is -3.37. The van der Waals surface area contributed by atoms with E-state index in [1.165, 1.54) is 10.8 Å². The Morgan fingerprint density at radius 1 is 1.31 bits per heavy atom. The first-order valence-corrected chi connectivity index (χ1v) is 11.6. The standard InChI is InChI=1S/C21H28N2O5S/c1-5-6-7-14-8-9-16(29(4,25)26)10-17(14)18-11-23(2)21(24)19-20(18)28-13-15(22-19)12-27-3/h8-11,15,22H,5-7,12-13H2,1-4H3/t15-/m1/s1. The second-order valence-electron chi connectivity index (χ2n) is 7.47. The van der Waals surface area contributed by atoms with Crippen molar-refractivity contribution < 1.29 is 17.9 Å². The average Bonchev–Trinajstić information content (AvgIpc) is 2.68. The van der Waals surface area contributed by atoms with Crippen molar-refractivity contribution in [1.29, 1.82) is 0 Å². The number of nitrogens with zero attached hydrogens (tertiary/aromatic N) is 1. The number of hydrogen-bond acceptors (Lipinski definition) is 6. The number of benzene rings is 1. The molecule has 0 radical (unpaired) electrons. The average molecular weight is 421 g/mol. The molecule has 158 valence electrons. The van der Waals surface area contributed by atoms with Crippen LogP contribution < -0.4 is 15.6 Å². The highest BCUT2D eigenvalue weighted by Crippen LogP contribution is 2.39. The fraction of sp³-hybridized carbons (Fsp3) is 0.476. The highest BCUT2D eigenvalue weighted by molar-refractivity contribution is 7.90. The van der Waals surface area contributed by atoms with Gasteiger partial charge in [-0.15, -0.1) is 0 Å². The van der Waals surface area contributed by atoms with E-state index in [9.17, 15) is 13.2 Å². The van der Waals surface area contributed by atoms with Crippen LogP contribution in [0.2, 0.25) is 0 Å². The molecule has 2 aromatic rings. The van der Waals surface area contributed by atoms with E-state index < -0.39 is 9.84 Å². The maximum atomic E-state index is 12.7. The quantitative estimate of drug-likeness (QED) is 0.741. The molecule has 1 atom stereocenters. The molecule has 1 aromatic heterocycles. The molecule has 0 aliphatic carbocycles. The molecule has 8 heteroatoms. The zero-order valence-electron chi connectivity index (χ0n) is 17.3. The Balaban J connectivity index is 2.21. The van der Waals surface area contributed by atoms with Gasteiger partial charge in [0, 0.05) is 32.2 Å². The van der Waals surface area contributed by atoms with Crippen LogP contribution in [-0.4, -0.2) is 45.6 Å². The molecular weight excluding hydrogens is 392 g/mol. The first-order chi connectivity index (χ1) is 13.8. The molecule has 0 saturated carbocycles. The van der Waals surface area contributed by atoms with Gasteiger partial charge in [-0.3, -0.25) is 4.79 Å². The number of aromatic nitrogens is 1. The number of anilines is 1. The van der Waals surface area contributed by atoms with Gasteiger partial charge in [0.25, 0.3) is 5.56 Å². The number of methoxy groups -OCH3 is 1. The number of rotatable bonds is 7. The molecule has 1 N–H and O–H groups in total. The zero-order valence-corrected chi connectivity index (χ0v) is 18.1. The van der Waals surface area contributed by atoms with Crippen LogP contribution in [0.4, 0.5) is 5.69 Å². The molecule has 7 nitrogen and oxygen atoms in total. The van der Waals surface area contributed by atoms with Crippen molar-refractivity contribution in [3.05, 3.63) is 40.3 Å². The molecule has 0 bridgehead atoms. The third-order valence-corrected chi connectivity index (χ3v) is 6.18. The number of hydrogen-bond donors (Lipinski definition) is 1. The largest absolute Gasteiger partial charge is 0.488 e. The van der Waals surface area contributed by atoms with E-state index in [1.807, 2.05) is 6.07 Å². The fourth-order valence-corrected chi connectivity index (χ4v) is 4.18. The van der Waals surface area contributed by atoms with Gasteiger partial charge >= 0.3 is 0 Å². The summed E-state index contributed by atoms with van der Waals surface area (Å²) in [4.78, 5) is 13.0. The highest BCUT2D eigenvalue weighted by Gasteiger charge is 2.27. The molecule has 3 rings (SSSR count). The molecule has 0 unspecified atom stereocenters. The Bertz CT molecular complexity index is 1060. The normalized spacial score (nSPS) is 16.1. The van der Waals surface area contributed by atoms with E-state index in [-0.39, 0.29) is 16.5 Å². The summed E-state index contributed by atoms with van der Waals surface area (Å²) < 4.78 is 37.0. The van der Waals surface area contributed by atoms with E-state index in [0.717, 1.165) is 30.4 Å². The Kier molecular flexibility index (Phi) is 6.33. The van der Waals surface area contributed by atoms with Crippen molar-refractivity contribution in [1.82, 2.24) is 4.57 Å². The number of fused-ring (bicyclic) bond motifs is 1. The Morgan fingerprint density at radius 3 is 2.72 bits per heavy atom. The predicted octanol–water partition coefficient (Wildman–Crippen LogP) is 2.62. The smallest absolute Gasteiger partial charge is 0.277 e. The summed E-state index contributed by atoms with van der Waals surface area (Å²) >= 11 is 0. The number of ether oxygens (including phenoxy) is 2. The predicted molar refractivity (Wildman–Crippen MR) is 114 cm³/mol. The maximum absolute atomic E-state index is 12.7. The second-order valence-corrected chi connectivity index (χ2v) is 9.48. The van der Waals surface area contributed by atoms with Gasteiger partial charge in [-0.05, 0) is 36.1 Å². The molecule has 0 saturated heterocycles. The lowest BCUT2D eigenvalue weighted by Gasteiger charge is -2.29. The molecule has 0 amide bonds. The number of unbranched alkanes of at least 4 members (excludes halogenated alkanes) is 1. The van der Waals surface area contributed by atoms with E-state index >= 15 is 0 Å². The van der Waals surface area contributed by atoms with Gasteiger partial charge in [-0.2, -0.15) is 0 Å². The summed E-state index contributed by atoms with van der Waals surface area (Å²) in [7, 11) is -0.0877. The lowest BCUT2D eigenvalue weighted by atomic mass is 9.96. The highest BCUT2D eigenvalue weighted by atomic mass is 32.2. The van der Waals surface area contributed by atoms with E-state index in [1.54, 1.807) is 32.5 Å². The van der Waals surface area contributed by atoms with Crippen LogP contribution in [0.25, 0.3) is 11.1 Å². The van der Waals surface area contributed by atoms with E-state index in [4.69, 9.17) is 9.47 Å². The molecule has 1 aliphatic heterocycles. The minimum absolute atomic E-state index is 0.127. The van der Waals surface area contributed by atoms with Crippen molar-refractivity contribution in [3.63, 3.8) is 0 Å². The fourth-order valence-electron chi connectivity index (χ4n) is 3.53. The van der Waals surface area contributed by atoms with Crippen LogP contribution in [0.1, 0.15) is 25.3 Å². The van der Waals surface area contributed by atoms with E-state index in [0.29, 0.717) is 30.2 Å². The van der Waals surface area contributed by atoms with Gasteiger partial charge in [0.05, 0.1) is 17.5 Å². The van der Waals surface area contributed by atoms with Crippen LogP contribution in [0, 0.1) is 0 Å². The Morgan fingerprint density at radius 2 is 2.07 bits per heavy atom. The number of pyridine rings is 1. The Hall–Kier alpha value is -2.32. The van der Waals surface area contributed by atoms with Gasteiger partial charge in [-0.1, -0.05) is 19.4 Å². The topological polar surface area (TPSA) is 86.6 Å². The Labute approximate surface area is 171 Å². The van der Waals surface area contributed by atoms with Crippen LogP contribution in [0.5, 0.6) is 5.75 Å². The second kappa shape index (κ2) is 8.59. The van der Waals surface area contributed by atoms with Crippen molar-refractivity contribution >= 4 is 15.5 Å². The van der Waals surface area contributed by atoms with Gasteiger partial charge in [0.1, 0.15) is 12.3 Å². The van der Waals surface area contributed by atoms with Crippen LogP contribution in [-0.2, 0) is 28.0 Å². The summed E-state index contributed by atoms with van der Waals surface area (Å²) in [5.41, 5.74) is 2.70. The van der Waals surface area contributed by atoms with Crippen LogP contribution in [0.3, 0.4) is 0 Å². The summed E-state index contributed by atoms with van der Waals surface area (Å²) in [5.74, 6) is 0.462. The lowest BCUT2D eigenvalue weighted by molar-refractivity contribution is 0.155.